The van der Waals surface area contributed by atoms with Crippen LogP contribution < -0.4 is 10.6 Å². The maximum absolute atomic E-state index is 6.10. The molecule has 0 saturated heterocycles. The molecular formula is C16H28N2. The van der Waals surface area contributed by atoms with E-state index in [9.17, 15) is 0 Å². The number of hydrogen-bond donors (Lipinski definition) is 1. The molecule has 2 atom stereocenters. The van der Waals surface area contributed by atoms with Gasteiger partial charge in [-0.15, -0.1) is 0 Å². The zero-order valence-electron chi connectivity index (χ0n) is 12.3. The second-order valence-corrected chi connectivity index (χ2v) is 5.15. The van der Waals surface area contributed by atoms with Crippen LogP contribution in [0.15, 0.2) is 24.3 Å². The van der Waals surface area contributed by atoms with E-state index < -0.39 is 0 Å². The zero-order valence-corrected chi connectivity index (χ0v) is 12.3. The van der Waals surface area contributed by atoms with Crippen molar-refractivity contribution in [3.8, 4) is 0 Å². The third-order valence-electron chi connectivity index (χ3n) is 3.61. The van der Waals surface area contributed by atoms with Gasteiger partial charge < -0.3 is 10.6 Å². The first-order chi connectivity index (χ1) is 8.61. The van der Waals surface area contributed by atoms with Crippen molar-refractivity contribution in [1.82, 2.24) is 0 Å². The number of unbranched alkanes of at least 4 members (excludes halogenated alkanes) is 1. The van der Waals surface area contributed by atoms with Crippen LogP contribution in [-0.2, 0) is 0 Å². The Labute approximate surface area is 112 Å². The number of para-hydroxylation sites is 1. The minimum Gasteiger partial charge on any atom is -0.369 e. The second kappa shape index (κ2) is 7.42. The van der Waals surface area contributed by atoms with Gasteiger partial charge in [-0.3, -0.25) is 0 Å². The van der Waals surface area contributed by atoms with Gasteiger partial charge in [0.25, 0.3) is 0 Å². The number of benzene rings is 1. The molecule has 0 radical (unpaired) electrons. The van der Waals surface area contributed by atoms with Gasteiger partial charge >= 0.3 is 0 Å². The van der Waals surface area contributed by atoms with E-state index in [2.05, 4.69) is 56.9 Å². The van der Waals surface area contributed by atoms with Crippen molar-refractivity contribution in [2.45, 2.75) is 59.0 Å². The molecule has 0 aliphatic carbocycles. The van der Waals surface area contributed by atoms with Crippen LogP contribution in [0.1, 0.15) is 58.6 Å². The van der Waals surface area contributed by atoms with Crippen LogP contribution in [0.25, 0.3) is 0 Å². The molecule has 18 heavy (non-hydrogen) atoms. The summed E-state index contributed by atoms with van der Waals surface area (Å²) >= 11 is 0. The van der Waals surface area contributed by atoms with Gasteiger partial charge in [0.2, 0.25) is 0 Å². The highest BCUT2D eigenvalue weighted by atomic mass is 15.2. The molecule has 0 heterocycles. The van der Waals surface area contributed by atoms with Gasteiger partial charge in [0.1, 0.15) is 0 Å². The summed E-state index contributed by atoms with van der Waals surface area (Å²) < 4.78 is 0. The minimum atomic E-state index is 0.0920. The Hall–Kier alpha value is -1.02. The summed E-state index contributed by atoms with van der Waals surface area (Å²) in [5.41, 5.74) is 8.67. The molecule has 102 valence electrons. The molecule has 2 heteroatoms. The highest BCUT2D eigenvalue weighted by Crippen LogP contribution is 2.27. The maximum Gasteiger partial charge on any atom is 0.0416 e. The Bertz CT molecular complexity index is 347. The van der Waals surface area contributed by atoms with Gasteiger partial charge in [-0.05, 0) is 38.3 Å². The fourth-order valence-electron chi connectivity index (χ4n) is 2.26. The summed E-state index contributed by atoms with van der Waals surface area (Å²) in [5.74, 6) is 0. The van der Waals surface area contributed by atoms with Crippen LogP contribution in [0.5, 0.6) is 0 Å². The van der Waals surface area contributed by atoms with Gasteiger partial charge in [-0.2, -0.15) is 0 Å². The normalized spacial score (nSPS) is 14.3. The van der Waals surface area contributed by atoms with Crippen molar-refractivity contribution in [2.24, 2.45) is 5.73 Å². The van der Waals surface area contributed by atoms with Crippen molar-refractivity contribution in [3.05, 3.63) is 29.8 Å². The Morgan fingerprint density at radius 1 is 1.17 bits per heavy atom. The minimum absolute atomic E-state index is 0.0920. The summed E-state index contributed by atoms with van der Waals surface area (Å²) in [6.07, 6.45) is 3.63. The Kier molecular flexibility index (Phi) is 6.20. The largest absolute Gasteiger partial charge is 0.369 e. The van der Waals surface area contributed by atoms with Gasteiger partial charge in [0, 0.05) is 24.3 Å². The molecule has 0 fully saturated rings. The Morgan fingerprint density at radius 2 is 1.83 bits per heavy atom. The summed E-state index contributed by atoms with van der Waals surface area (Å²) in [4.78, 5) is 2.52. The number of hydrogen-bond acceptors (Lipinski definition) is 2. The predicted molar refractivity (Wildman–Crippen MR) is 81.1 cm³/mol. The zero-order chi connectivity index (χ0) is 13.5. The van der Waals surface area contributed by atoms with E-state index in [0.29, 0.717) is 6.04 Å². The van der Waals surface area contributed by atoms with Crippen LogP contribution in [0.2, 0.25) is 0 Å². The third-order valence-corrected chi connectivity index (χ3v) is 3.61. The molecular weight excluding hydrogens is 220 g/mol. The SMILES string of the molecule is CCCCN(c1ccccc1[C@H](C)N)C(C)CC. The van der Waals surface area contributed by atoms with Crippen molar-refractivity contribution in [3.63, 3.8) is 0 Å². The third kappa shape index (κ3) is 3.74. The van der Waals surface area contributed by atoms with E-state index >= 15 is 0 Å². The Morgan fingerprint density at radius 3 is 2.39 bits per heavy atom. The molecule has 0 aromatic heterocycles. The standard InChI is InChI=1S/C16H28N2/c1-5-7-12-18(13(3)6-2)16-11-9-8-10-15(16)14(4)17/h8-11,13-14H,5-7,12,17H2,1-4H3/t13?,14-/m0/s1. The lowest BCUT2D eigenvalue weighted by molar-refractivity contribution is 0.591. The lowest BCUT2D eigenvalue weighted by Crippen LogP contribution is -2.34. The second-order valence-electron chi connectivity index (χ2n) is 5.15. The first kappa shape index (κ1) is 15.0. The number of nitrogens with two attached hydrogens (primary N) is 1. The van der Waals surface area contributed by atoms with Crippen LogP contribution in [0, 0.1) is 0 Å². The van der Waals surface area contributed by atoms with Gasteiger partial charge in [-0.1, -0.05) is 38.5 Å². The molecule has 0 spiro atoms. The molecule has 1 aromatic carbocycles. The first-order valence-corrected chi connectivity index (χ1v) is 7.22. The van der Waals surface area contributed by atoms with Gasteiger partial charge in [0.05, 0.1) is 0 Å². The molecule has 1 aromatic rings. The topological polar surface area (TPSA) is 29.3 Å². The molecule has 0 amide bonds. The summed E-state index contributed by atoms with van der Waals surface area (Å²) in [6, 6.07) is 9.21. The average Bonchev–Trinajstić information content (AvgIpc) is 2.39. The summed E-state index contributed by atoms with van der Waals surface area (Å²) in [5, 5.41) is 0. The molecule has 0 aliphatic heterocycles. The quantitative estimate of drug-likeness (QED) is 0.786. The molecule has 0 aliphatic rings. The summed E-state index contributed by atoms with van der Waals surface area (Å²) in [7, 11) is 0. The number of anilines is 1. The fourth-order valence-corrected chi connectivity index (χ4v) is 2.26. The number of nitrogens with zero attached hydrogens (tertiary/aromatic N) is 1. The monoisotopic (exact) mass is 248 g/mol. The van der Waals surface area contributed by atoms with E-state index in [1.807, 2.05) is 0 Å². The van der Waals surface area contributed by atoms with Crippen LogP contribution >= 0.6 is 0 Å². The summed E-state index contributed by atoms with van der Waals surface area (Å²) in [6.45, 7) is 9.97. The van der Waals surface area contributed by atoms with Crippen molar-refractivity contribution in [1.29, 1.82) is 0 Å². The van der Waals surface area contributed by atoms with Crippen molar-refractivity contribution in [2.75, 3.05) is 11.4 Å². The van der Waals surface area contributed by atoms with E-state index in [-0.39, 0.29) is 6.04 Å². The van der Waals surface area contributed by atoms with Crippen LogP contribution in [-0.4, -0.2) is 12.6 Å². The average molecular weight is 248 g/mol. The highest BCUT2D eigenvalue weighted by Gasteiger charge is 2.16. The van der Waals surface area contributed by atoms with E-state index in [4.69, 9.17) is 5.73 Å². The molecule has 0 bridgehead atoms. The van der Waals surface area contributed by atoms with Crippen LogP contribution in [0.3, 0.4) is 0 Å². The lowest BCUT2D eigenvalue weighted by Gasteiger charge is -2.33. The van der Waals surface area contributed by atoms with E-state index in [1.54, 1.807) is 0 Å². The van der Waals surface area contributed by atoms with Crippen molar-refractivity contribution >= 4 is 5.69 Å². The molecule has 1 unspecified atom stereocenters. The predicted octanol–water partition coefficient (Wildman–Crippen LogP) is 4.11. The lowest BCUT2D eigenvalue weighted by atomic mass is 10.0. The van der Waals surface area contributed by atoms with Crippen LogP contribution in [0.4, 0.5) is 5.69 Å². The Balaban J connectivity index is 3.03. The van der Waals surface area contributed by atoms with Crippen molar-refractivity contribution < 1.29 is 0 Å². The fraction of sp³-hybridized carbons (Fsp3) is 0.625. The highest BCUT2D eigenvalue weighted by molar-refractivity contribution is 5.55. The van der Waals surface area contributed by atoms with E-state index in [0.717, 1.165) is 13.0 Å². The smallest absolute Gasteiger partial charge is 0.0416 e. The molecule has 2 N–H and O–H groups in total. The molecule has 2 nitrogen and oxygen atoms in total. The maximum atomic E-state index is 6.10. The van der Waals surface area contributed by atoms with E-state index in [1.165, 1.54) is 24.1 Å². The van der Waals surface area contributed by atoms with Gasteiger partial charge in [-0.25, -0.2) is 0 Å². The first-order valence-electron chi connectivity index (χ1n) is 7.22. The molecule has 1 rings (SSSR count). The molecule has 0 saturated carbocycles. The van der Waals surface area contributed by atoms with Gasteiger partial charge in [0.15, 0.2) is 0 Å². The number of rotatable bonds is 7.